The monoisotopic (exact) mass is 208 g/mol. The van der Waals surface area contributed by atoms with Crippen LogP contribution in [-0.2, 0) is 11.2 Å². The van der Waals surface area contributed by atoms with Gasteiger partial charge in [0.05, 0.1) is 0 Å². The van der Waals surface area contributed by atoms with Crippen molar-refractivity contribution in [1.29, 1.82) is 0 Å². The van der Waals surface area contributed by atoms with E-state index >= 15 is 0 Å². The lowest BCUT2D eigenvalue weighted by Crippen LogP contribution is -2.18. The molecule has 0 atom stereocenters. The predicted molar refractivity (Wildman–Crippen MR) is 62.8 cm³/mol. The Kier molecular flexibility index (Phi) is 3.76. The van der Waals surface area contributed by atoms with Crippen molar-refractivity contribution < 1.29 is 4.79 Å². The lowest BCUT2D eigenvalue weighted by atomic mass is 10.0. The molecule has 1 rings (SSSR count). The SMILES string of the molecule is CC(C)(S)CC(=O)Cc1ccccc1. The van der Waals surface area contributed by atoms with Crippen molar-refractivity contribution in [3.05, 3.63) is 35.9 Å². The summed E-state index contributed by atoms with van der Waals surface area (Å²) in [4.78, 5) is 11.6. The van der Waals surface area contributed by atoms with Gasteiger partial charge in [0.15, 0.2) is 0 Å². The number of hydrogen-bond donors (Lipinski definition) is 1. The zero-order chi connectivity index (χ0) is 10.6. The number of ketones is 1. The number of carbonyl (C=O) groups is 1. The van der Waals surface area contributed by atoms with Crippen LogP contribution >= 0.6 is 12.6 Å². The summed E-state index contributed by atoms with van der Waals surface area (Å²) < 4.78 is -0.203. The summed E-state index contributed by atoms with van der Waals surface area (Å²) >= 11 is 4.34. The number of hydrogen-bond acceptors (Lipinski definition) is 2. The Balaban J connectivity index is 2.50. The van der Waals surface area contributed by atoms with Gasteiger partial charge in [-0.1, -0.05) is 44.2 Å². The van der Waals surface area contributed by atoms with E-state index in [9.17, 15) is 4.79 Å². The summed E-state index contributed by atoms with van der Waals surface area (Å²) in [6.07, 6.45) is 1.04. The Hall–Kier alpha value is -0.760. The normalized spacial score (nSPS) is 11.4. The molecule has 0 aromatic heterocycles. The molecule has 14 heavy (non-hydrogen) atoms. The predicted octanol–water partition coefficient (Wildman–Crippen LogP) is 2.90. The summed E-state index contributed by atoms with van der Waals surface area (Å²) in [6, 6.07) is 9.81. The number of thiol groups is 1. The van der Waals surface area contributed by atoms with Gasteiger partial charge in [-0.05, 0) is 5.56 Å². The van der Waals surface area contributed by atoms with Crippen LogP contribution in [0.4, 0.5) is 0 Å². The highest BCUT2D eigenvalue weighted by molar-refractivity contribution is 7.81. The second-order valence-corrected chi connectivity index (χ2v) is 5.40. The molecule has 0 aliphatic rings. The molecule has 76 valence electrons. The van der Waals surface area contributed by atoms with Crippen LogP contribution in [0.2, 0.25) is 0 Å². The van der Waals surface area contributed by atoms with E-state index in [0.717, 1.165) is 5.56 Å². The van der Waals surface area contributed by atoms with E-state index in [-0.39, 0.29) is 10.5 Å². The largest absolute Gasteiger partial charge is 0.299 e. The maximum absolute atomic E-state index is 11.6. The van der Waals surface area contributed by atoms with Crippen molar-refractivity contribution in [1.82, 2.24) is 0 Å². The maximum Gasteiger partial charge on any atom is 0.138 e. The summed E-state index contributed by atoms with van der Waals surface area (Å²) in [5.74, 6) is 0.246. The third kappa shape index (κ3) is 4.47. The van der Waals surface area contributed by atoms with E-state index in [1.165, 1.54) is 0 Å². The van der Waals surface area contributed by atoms with Gasteiger partial charge in [-0.3, -0.25) is 4.79 Å². The Morgan fingerprint density at radius 1 is 1.29 bits per heavy atom. The number of Topliss-reactive ketones (excluding diaryl/α,β-unsaturated/α-hetero) is 1. The zero-order valence-corrected chi connectivity index (χ0v) is 9.55. The number of carbonyl (C=O) groups excluding carboxylic acids is 1. The van der Waals surface area contributed by atoms with Crippen LogP contribution in [0.5, 0.6) is 0 Å². The molecule has 0 heterocycles. The average Bonchev–Trinajstić information content (AvgIpc) is 2.02. The molecule has 0 bridgehead atoms. The van der Waals surface area contributed by atoms with Crippen LogP contribution in [0.1, 0.15) is 25.8 Å². The first-order chi connectivity index (χ1) is 6.47. The minimum Gasteiger partial charge on any atom is -0.299 e. The summed E-state index contributed by atoms with van der Waals surface area (Å²) in [5.41, 5.74) is 1.08. The first kappa shape index (κ1) is 11.3. The second kappa shape index (κ2) is 4.65. The molecule has 1 aromatic carbocycles. The molecule has 0 fully saturated rings. The highest BCUT2D eigenvalue weighted by Gasteiger charge is 2.16. The van der Waals surface area contributed by atoms with Crippen LogP contribution in [0.3, 0.4) is 0 Å². The Bertz CT molecular complexity index is 298. The third-order valence-corrected chi connectivity index (χ3v) is 2.03. The van der Waals surface area contributed by atoms with Crippen LogP contribution in [0, 0.1) is 0 Å². The van der Waals surface area contributed by atoms with Gasteiger partial charge < -0.3 is 0 Å². The first-order valence-corrected chi connectivity index (χ1v) is 5.20. The van der Waals surface area contributed by atoms with Crippen molar-refractivity contribution in [2.75, 3.05) is 0 Å². The fraction of sp³-hybridized carbons (Fsp3) is 0.417. The Morgan fingerprint density at radius 2 is 1.86 bits per heavy atom. The molecule has 0 aliphatic carbocycles. The molecular formula is C12H16OS. The van der Waals surface area contributed by atoms with Crippen LogP contribution in [-0.4, -0.2) is 10.5 Å². The van der Waals surface area contributed by atoms with Gasteiger partial charge in [0.1, 0.15) is 5.78 Å². The van der Waals surface area contributed by atoms with E-state index in [4.69, 9.17) is 0 Å². The Morgan fingerprint density at radius 3 is 2.36 bits per heavy atom. The minimum atomic E-state index is -0.203. The highest BCUT2D eigenvalue weighted by atomic mass is 32.1. The van der Waals surface area contributed by atoms with Crippen LogP contribution in [0.25, 0.3) is 0 Å². The van der Waals surface area contributed by atoms with Crippen molar-refractivity contribution >= 4 is 18.4 Å². The molecule has 0 radical (unpaired) electrons. The zero-order valence-electron chi connectivity index (χ0n) is 8.66. The molecule has 0 N–H and O–H groups in total. The highest BCUT2D eigenvalue weighted by Crippen LogP contribution is 2.18. The minimum absolute atomic E-state index is 0.203. The van der Waals surface area contributed by atoms with E-state index < -0.39 is 0 Å². The van der Waals surface area contributed by atoms with Crippen molar-refractivity contribution in [3.63, 3.8) is 0 Å². The fourth-order valence-electron chi connectivity index (χ4n) is 1.37. The smallest absolute Gasteiger partial charge is 0.138 e. The molecule has 0 aliphatic heterocycles. The lowest BCUT2D eigenvalue weighted by molar-refractivity contribution is -0.118. The topological polar surface area (TPSA) is 17.1 Å². The maximum atomic E-state index is 11.6. The van der Waals surface area contributed by atoms with Gasteiger partial charge in [-0.2, -0.15) is 12.6 Å². The second-order valence-electron chi connectivity index (χ2n) is 4.19. The molecule has 0 spiro atoms. The summed E-state index contributed by atoms with van der Waals surface area (Å²) in [7, 11) is 0. The van der Waals surface area contributed by atoms with Crippen molar-refractivity contribution in [2.24, 2.45) is 0 Å². The third-order valence-electron chi connectivity index (χ3n) is 1.87. The van der Waals surface area contributed by atoms with Crippen molar-refractivity contribution in [2.45, 2.75) is 31.4 Å². The molecule has 0 saturated carbocycles. The van der Waals surface area contributed by atoms with E-state index in [1.54, 1.807) is 0 Å². The molecule has 1 nitrogen and oxygen atoms in total. The average molecular weight is 208 g/mol. The van der Waals surface area contributed by atoms with Crippen LogP contribution < -0.4 is 0 Å². The quantitative estimate of drug-likeness (QED) is 0.753. The van der Waals surface area contributed by atoms with Gasteiger partial charge in [0, 0.05) is 17.6 Å². The standard InChI is InChI=1S/C12H16OS/c1-12(2,14)9-11(13)8-10-6-4-3-5-7-10/h3-7,14H,8-9H2,1-2H3. The molecule has 2 heteroatoms. The lowest BCUT2D eigenvalue weighted by Gasteiger charge is -2.15. The van der Waals surface area contributed by atoms with Gasteiger partial charge in [0.2, 0.25) is 0 Å². The molecular weight excluding hydrogens is 192 g/mol. The number of rotatable bonds is 4. The molecule has 1 aromatic rings. The van der Waals surface area contributed by atoms with E-state index in [2.05, 4.69) is 12.6 Å². The van der Waals surface area contributed by atoms with Gasteiger partial charge in [-0.15, -0.1) is 0 Å². The Labute approximate surface area is 90.9 Å². The van der Waals surface area contributed by atoms with Gasteiger partial charge in [-0.25, -0.2) is 0 Å². The van der Waals surface area contributed by atoms with Gasteiger partial charge in [0.25, 0.3) is 0 Å². The van der Waals surface area contributed by atoms with Crippen molar-refractivity contribution in [3.8, 4) is 0 Å². The van der Waals surface area contributed by atoms with E-state index in [1.807, 2.05) is 44.2 Å². The molecule has 0 amide bonds. The summed E-state index contributed by atoms with van der Waals surface area (Å²) in [5, 5.41) is 0. The van der Waals surface area contributed by atoms with E-state index in [0.29, 0.717) is 12.8 Å². The first-order valence-electron chi connectivity index (χ1n) is 4.75. The van der Waals surface area contributed by atoms with Crippen LogP contribution in [0.15, 0.2) is 30.3 Å². The summed E-state index contributed by atoms with van der Waals surface area (Å²) in [6.45, 7) is 3.91. The molecule has 0 saturated heterocycles. The fourth-order valence-corrected chi connectivity index (χ4v) is 1.54. The van der Waals surface area contributed by atoms with Gasteiger partial charge >= 0.3 is 0 Å². The number of benzene rings is 1. The molecule has 0 unspecified atom stereocenters.